The number of rotatable bonds is 9. The van der Waals surface area contributed by atoms with Gasteiger partial charge in [0, 0.05) is 37.3 Å². The Morgan fingerprint density at radius 2 is 1.97 bits per heavy atom. The fraction of sp³-hybridized carbons (Fsp3) is 0.435. The topological polar surface area (TPSA) is 148 Å². The van der Waals surface area contributed by atoms with Crippen molar-refractivity contribution in [2.24, 2.45) is 5.73 Å². The molecule has 36 heavy (non-hydrogen) atoms. The fourth-order valence-electron chi connectivity index (χ4n) is 4.01. The van der Waals surface area contributed by atoms with Gasteiger partial charge in [0.05, 0.1) is 22.3 Å². The van der Waals surface area contributed by atoms with Crippen molar-refractivity contribution in [2.75, 3.05) is 19.6 Å². The lowest BCUT2D eigenvalue weighted by Crippen LogP contribution is -2.46. The van der Waals surface area contributed by atoms with Crippen molar-refractivity contribution in [3.05, 3.63) is 45.7 Å². The Kier molecular flexibility index (Phi) is 8.07. The Morgan fingerprint density at radius 3 is 2.61 bits per heavy atom. The van der Waals surface area contributed by atoms with Gasteiger partial charge in [-0.05, 0) is 38.8 Å². The van der Waals surface area contributed by atoms with Crippen molar-refractivity contribution in [3.8, 4) is 10.6 Å². The lowest BCUT2D eigenvalue weighted by atomic mass is 10.0. The lowest BCUT2D eigenvalue weighted by molar-refractivity contribution is -0.117. The van der Waals surface area contributed by atoms with Crippen LogP contribution in [0.2, 0.25) is 4.34 Å². The summed E-state index contributed by atoms with van der Waals surface area (Å²) in [6.45, 7) is 5.88. The van der Waals surface area contributed by atoms with E-state index in [1.54, 1.807) is 12.1 Å². The van der Waals surface area contributed by atoms with Gasteiger partial charge in [-0.15, -0.1) is 11.3 Å². The summed E-state index contributed by atoms with van der Waals surface area (Å²) in [6.07, 6.45) is 1.67. The maximum atomic E-state index is 13.2. The number of amides is 3. The van der Waals surface area contributed by atoms with E-state index in [1.165, 1.54) is 22.1 Å². The molecular formula is C23H28ClN7O4S. The second kappa shape index (κ2) is 11.2. The van der Waals surface area contributed by atoms with Gasteiger partial charge >= 0.3 is 0 Å². The minimum absolute atomic E-state index is 0.00946. The van der Waals surface area contributed by atoms with Gasteiger partial charge in [0.25, 0.3) is 11.8 Å². The normalized spacial score (nSPS) is 14.8. The second-order valence-electron chi connectivity index (χ2n) is 8.89. The molecule has 0 saturated carbocycles. The molecule has 0 aliphatic carbocycles. The summed E-state index contributed by atoms with van der Waals surface area (Å²) < 4.78 is 7.46. The maximum Gasteiger partial charge on any atom is 0.272 e. The number of halogens is 1. The predicted molar refractivity (Wildman–Crippen MR) is 135 cm³/mol. The zero-order valence-corrected chi connectivity index (χ0v) is 21.6. The van der Waals surface area contributed by atoms with Crippen LogP contribution in [0.15, 0.2) is 28.8 Å². The van der Waals surface area contributed by atoms with Gasteiger partial charge in [-0.1, -0.05) is 16.8 Å². The van der Waals surface area contributed by atoms with Gasteiger partial charge in [-0.25, -0.2) is 0 Å². The van der Waals surface area contributed by atoms with Gasteiger partial charge in [0.1, 0.15) is 11.4 Å². The number of nitrogens with one attached hydrogen (secondary N) is 2. The van der Waals surface area contributed by atoms with E-state index >= 15 is 0 Å². The molecule has 0 radical (unpaired) electrons. The van der Waals surface area contributed by atoms with E-state index in [0.29, 0.717) is 21.8 Å². The number of piperidine rings is 1. The number of likely N-dealkylation sites (tertiary alicyclic amines) is 1. The number of nitrogens with zero attached hydrogens (tertiary/aromatic N) is 4. The molecule has 4 rings (SSSR count). The van der Waals surface area contributed by atoms with Crippen molar-refractivity contribution < 1.29 is 18.9 Å². The van der Waals surface area contributed by atoms with E-state index < -0.39 is 11.8 Å². The molecule has 3 aromatic rings. The first-order chi connectivity index (χ1) is 17.2. The molecule has 1 saturated heterocycles. The smallest absolute Gasteiger partial charge is 0.272 e. The zero-order valence-electron chi connectivity index (χ0n) is 20.0. The Morgan fingerprint density at radius 1 is 1.22 bits per heavy atom. The zero-order chi connectivity index (χ0) is 25.8. The molecule has 4 N–H and O–H groups in total. The lowest BCUT2D eigenvalue weighted by Gasteiger charge is -2.34. The van der Waals surface area contributed by atoms with Crippen molar-refractivity contribution in [1.82, 2.24) is 30.5 Å². The van der Waals surface area contributed by atoms with Crippen LogP contribution in [0, 0.1) is 0 Å². The Balaban J connectivity index is 1.52. The SMILES string of the molecule is CC(C)N1CCC(NC(=O)c2cc(C(=O)NCC(N)=O)nn2Cc2cc(-c3ccc(Cl)s3)on2)CC1. The Labute approximate surface area is 216 Å². The molecule has 1 aliphatic rings. The summed E-state index contributed by atoms with van der Waals surface area (Å²) in [6, 6.07) is 7.21. The minimum atomic E-state index is -0.683. The number of hydrogen-bond acceptors (Lipinski definition) is 8. The van der Waals surface area contributed by atoms with Gasteiger partial charge in [-0.3, -0.25) is 19.1 Å². The number of carbonyl (C=O) groups excluding carboxylic acids is 3. The van der Waals surface area contributed by atoms with Crippen LogP contribution < -0.4 is 16.4 Å². The van der Waals surface area contributed by atoms with Crippen LogP contribution in [0.3, 0.4) is 0 Å². The van der Waals surface area contributed by atoms with Crippen LogP contribution >= 0.6 is 22.9 Å². The van der Waals surface area contributed by atoms with Gasteiger partial charge in [-0.2, -0.15) is 5.10 Å². The molecule has 0 atom stereocenters. The van der Waals surface area contributed by atoms with E-state index in [9.17, 15) is 14.4 Å². The number of nitrogens with two attached hydrogens (primary N) is 1. The standard InChI is InChI=1S/C23H28ClN7O4S/c1-13(2)30-7-5-14(6-8-30)27-23(34)17-10-16(22(33)26-11-21(25)32)28-31(17)12-15-9-18(35-29-15)19-3-4-20(24)36-19/h3-4,9-10,13-14H,5-8,11-12H2,1-2H3,(H2,25,32)(H,26,33)(H,27,34). The molecule has 0 unspecified atom stereocenters. The first kappa shape index (κ1) is 25.9. The predicted octanol–water partition coefficient (Wildman–Crippen LogP) is 2.12. The average molecular weight is 534 g/mol. The molecule has 13 heteroatoms. The molecule has 1 fully saturated rings. The molecule has 11 nitrogen and oxygen atoms in total. The van der Waals surface area contributed by atoms with Crippen LogP contribution in [0.5, 0.6) is 0 Å². The number of aromatic nitrogens is 3. The molecular weight excluding hydrogens is 506 g/mol. The third kappa shape index (κ3) is 6.31. The first-order valence-electron chi connectivity index (χ1n) is 11.6. The molecule has 3 amide bonds. The molecule has 4 heterocycles. The number of carbonyl (C=O) groups is 3. The van der Waals surface area contributed by atoms with E-state index in [0.717, 1.165) is 30.8 Å². The number of primary amides is 1. The number of hydrogen-bond donors (Lipinski definition) is 3. The van der Waals surface area contributed by atoms with Gasteiger partial charge in [0.2, 0.25) is 5.91 Å². The molecule has 0 aromatic carbocycles. The molecule has 192 valence electrons. The summed E-state index contributed by atoms with van der Waals surface area (Å²) in [7, 11) is 0. The third-order valence-corrected chi connectivity index (χ3v) is 7.20. The minimum Gasteiger partial charge on any atom is -0.368 e. The van der Waals surface area contributed by atoms with Crippen LogP contribution in [0.25, 0.3) is 10.6 Å². The Hall–Kier alpha value is -3.22. The first-order valence-corrected chi connectivity index (χ1v) is 12.8. The van der Waals surface area contributed by atoms with E-state index in [4.69, 9.17) is 21.9 Å². The third-order valence-electron chi connectivity index (χ3n) is 5.95. The molecule has 0 bridgehead atoms. The van der Waals surface area contributed by atoms with Crippen LogP contribution in [0.1, 0.15) is 53.4 Å². The van der Waals surface area contributed by atoms with E-state index in [2.05, 4.69) is 39.6 Å². The highest BCUT2D eigenvalue weighted by Gasteiger charge is 2.26. The van der Waals surface area contributed by atoms with Crippen LogP contribution in [-0.4, -0.2) is 69.3 Å². The van der Waals surface area contributed by atoms with Crippen LogP contribution in [0.4, 0.5) is 0 Å². The van der Waals surface area contributed by atoms with Crippen molar-refractivity contribution in [1.29, 1.82) is 0 Å². The molecule has 3 aromatic heterocycles. The summed E-state index contributed by atoms with van der Waals surface area (Å²) in [5.41, 5.74) is 5.82. The maximum absolute atomic E-state index is 13.2. The van der Waals surface area contributed by atoms with Crippen molar-refractivity contribution in [3.63, 3.8) is 0 Å². The average Bonchev–Trinajstić information content (AvgIpc) is 3.58. The summed E-state index contributed by atoms with van der Waals surface area (Å²) in [5, 5.41) is 13.8. The molecule has 1 aliphatic heterocycles. The summed E-state index contributed by atoms with van der Waals surface area (Å²) in [4.78, 5) is 40.0. The van der Waals surface area contributed by atoms with Gasteiger partial charge in [0.15, 0.2) is 11.5 Å². The van der Waals surface area contributed by atoms with E-state index in [1.807, 2.05) is 6.07 Å². The highest BCUT2D eigenvalue weighted by Crippen LogP contribution is 2.31. The van der Waals surface area contributed by atoms with Crippen molar-refractivity contribution >= 4 is 40.7 Å². The largest absolute Gasteiger partial charge is 0.368 e. The summed E-state index contributed by atoms with van der Waals surface area (Å²) >= 11 is 7.37. The highest BCUT2D eigenvalue weighted by molar-refractivity contribution is 7.19. The quantitative estimate of drug-likeness (QED) is 0.381. The van der Waals surface area contributed by atoms with Gasteiger partial charge < -0.3 is 25.8 Å². The fourth-order valence-corrected chi connectivity index (χ4v) is 5.00. The Bertz CT molecular complexity index is 1240. The summed E-state index contributed by atoms with van der Waals surface area (Å²) in [5.74, 6) is -1.09. The van der Waals surface area contributed by atoms with Crippen molar-refractivity contribution in [2.45, 2.75) is 45.3 Å². The second-order valence-corrected chi connectivity index (χ2v) is 10.6. The monoisotopic (exact) mass is 533 g/mol. The van der Waals surface area contributed by atoms with Crippen LogP contribution in [-0.2, 0) is 11.3 Å². The highest BCUT2D eigenvalue weighted by atomic mass is 35.5. The molecule has 0 spiro atoms. The number of thiophene rings is 1. The van der Waals surface area contributed by atoms with E-state index in [-0.39, 0.29) is 36.4 Å².